The largest absolute Gasteiger partial charge is 0.489 e. The zero-order valence-corrected chi connectivity index (χ0v) is 14.5. The van der Waals surface area contributed by atoms with Crippen LogP contribution in [0.4, 0.5) is 5.69 Å². The Bertz CT molecular complexity index is 795. The number of hydrogen-bond acceptors (Lipinski definition) is 5. The van der Waals surface area contributed by atoms with Crippen molar-refractivity contribution in [1.29, 1.82) is 5.26 Å². The van der Waals surface area contributed by atoms with Gasteiger partial charge in [0.15, 0.2) is 0 Å². The summed E-state index contributed by atoms with van der Waals surface area (Å²) in [6, 6.07) is 17.0. The fourth-order valence-electron chi connectivity index (χ4n) is 2.70. The van der Waals surface area contributed by atoms with Gasteiger partial charge in [-0.1, -0.05) is 18.2 Å². The van der Waals surface area contributed by atoms with Gasteiger partial charge in [-0.2, -0.15) is 5.26 Å². The molecule has 0 unspecified atom stereocenters. The first-order valence-corrected chi connectivity index (χ1v) is 8.56. The van der Waals surface area contributed by atoms with Crippen LogP contribution >= 0.6 is 0 Å². The third kappa shape index (κ3) is 4.98. The molecule has 0 aliphatic carbocycles. The van der Waals surface area contributed by atoms with Crippen molar-refractivity contribution in [2.24, 2.45) is 0 Å². The monoisotopic (exact) mass is 351 g/mol. The highest BCUT2D eigenvalue weighted by Crippen LogP contribution is 2.19. The topological polar surface area (TPSA) is 74.6 Å². The molecule has 1 heterocycles. The van der Waals surface area contributed by atoms with Gasteiger partial charge >= 0.3 is 0 Å². The highest BCUT2D eigenvalue weighted by molar-refractivity contribution is 5.81. The highest BCUT2D eigenvalue weighted by Gasteiger charge is 2.16. The summed E-state index contributed by atoms with van der Waals surface area (Å²) in [4.78, 5) is 14.0. The number of rotatable bonds is 6. The van der Waals surface area contributed by atoms with E-state index in [0.29, 0.717) is 44.2 Å². The number of benzene rings is 2. The molecule has 0 aromatic heterocycles. The third-order valence-corrected chi connectivity index (χ3v) is 4.10. The number of nitrogens with zero attached hydrogens (tertiary/aromatic N) is 2. The maximum Gasteiger partial charge on any atom is 0.242 e. The zero-order valence-electron chi connectivity index (χ0n) is 14.5. The van der Waals surface area contributed by atoms with Crippen molar-refractivity contribution in [3.63, 3.8) is 0 Å². The lowest BCUT2D eigenvalue weighted by Gasteiger charge is -2.27. The second-order valence-corrected chi connectivity index (χ2v) is 5.98. The van der Waals surface area contributed by atoms with Crippen LogP contribution in [0.5, 0.6) is 5.75 Å². The van der Waals surface area contributed by atoms with Crippen LogP contribution in [0.2, 0.25) is 0 Å². The van der Waals surface area contributed by atoms with Gasteiger partial charge in [-0.25, -0.2) is 0 Å². The van der Waals surface area contributed by atoms with Crippen LogP contribution in [-0.2, 0) is 16.1 Å². The molecular weight excluding hydrogens is 330 g/mol. The smallest absolute Gasteiger partial charge is 0.242 e. The normalized spacial score (nSPS) is 13.7. The molecule has 1 aliphatic heterocycles. The maximum atomic E-state index is 12.2. The summed E-state index contributed by atoms with van der Waals surface area (Å²) in [6.45, 7) is 3.11. The van der Waals surface area contributed by atoms with Crippen molar-refractivity contribution in [2.45, 2.75) is 6.61 Å². The van der Waals surface area contributed by atoms with Gasteiger partial charge in [0.1, 0.15) is 12.4 Å². The van der Waals surface area contributed by atoms with Crippen molar-refractivity contribution in [3.8, 4) is 11.8 Å². The van der Waals surface area contributed by atoms with Crippen LogP contribution < -0.4 is 10.1 Å². The number of hydrogen-bond donors (Lipinski definition) is 1. The Hall–Kier alpha value is -3.04. The minimum Gasteiger partial charge on any atom is -0.489 e. The molecule has 2 aromatic rings. The summed E-state index contributed by atoms with van der Waals surface area (Å²) < 4.78 is 11.1. The number of nitrogens with one attached hydrogen (secondary N) is 1. The van der Waals surface area contributed by atoms with Gasteiger partial charge in [-0.15, -0.1) is 0 Å². The van der Waals surface area contributed by atoms with E-state index in [-0.39, 0.29) is 12.5 Å². The van der Waals surface area contributed by atoms with E-state index in [1.165, 1.54) is 0 Å². The summed E-state index contributed by atoms with van der Waals surface area (Å²) in [7, 11) is 0. The predicted octanol–water partition coefficient (Wildman–Crippen LogP) is 2.41. The second-order valence-electron chi connectivity index (χ2n) is 5.98. The zero-order chi connectivity index (χ0) is 18.2. The molecule has 6 heteroatoms. The van der Waals surface area contributed by atoms with Gasteiger partial charge in [0, 0.05) is 24.8 Å². The number of nitriles is 1. The summed E-state index contributed by atoms with van der Waals surface area (Å²) in [5.41, 5.74) is 2.38. The Morgan fingerprint density at radius 1 is 1.19 bits per heavy atom. The van der Waals surface area contributed by atoms with Crippen LogP contribution in [0.3, 0.4) is 0 Å². The molecule has 1 fully saturated rings. The van der Waals surface area contributed by atoms with E-state index in [1.807, 2.05) is 42.5 Å². The number of anilines is 1. The number of carbonyl (C=O) groups is 1. The Balaban J connectivity index is 1.52. The molecule has 1 saturated heterocycles. The molecule has 134 valence electrons. The number of amides is 1. The van der Waals surface area contributed by atoms with E-state index in [0.717, 1.165) is 11.3 Å². The van der Waals surface area contributed by atoms with Crippen LogP contribution in [0, 0.1) is 11.3 Å². The second kappa shape index (κ2) is 8.88. The number of morpholine rings is 1. The first-order chi connectivity index (χ1) is 12.7. The number of ether oxygens (including phenoxy) is 2. The lowest BCUT2D eigenvalue weighted by molar-refractivity contribution is -0.133. The summed E-state index contributed by atoms with van der Waals surface area (Å²) >= 11 is 0. The first-order valence-electron chi connectivity index (χ1n) is 8.56. The van der Waals surface area contributed by atoms with E-state index in [9.17, 15) is 4.79 Å². The molecule has 0 bridgehead atoms. The predicted molar refractivity (Wildman–Crippen MR) is 97.8 cm³/mol. The van der Waals surface area contributed by atoms with E-state index in [2.05, 4.69) is 11.4 Å². The summed E-state index contributed by atoms with van der Waals surface area (Å²) in [6.07, 6.45) is 0. The van der Waals surface area contributed by atoms with Crippen LogP contribution in [0.15, 0.2) is 48.5 Å². The molecule has 1 aliphatic rings. The highest BCUT2D eigenvalue weighted by atomic mass is 16.5. The Morgan fingerprint density at radius 3 is 2.81 bits per heavy atom. The van der Waals surface area contributed by atoms with Crippen LogP contribution in [0.1, 0.15) is 11.1 Å². The standard InChI is InChI=1S/C20H21N3O3/c21-13-16-3-1-4-17(11-16)15-26-19-6-2-5-18(12-19)22-14-20(24)23-7-9-25-10-8-23/h1-6,11-12,22H,7-10,14-15H2. The molecule has 26 heavy (non-hydrogen) atoms. The van der Waals surface area contributed by atoms with E-state index in [1.54, 1.807) is 11.0 Å². The van der Waals surface area contributed by atoms with Gasteiger partial charge in [0.2, 0.25) is 5.91 Å². The fourth-order valence-corrected chi connectivity index (χ4v) is 2.70. The SMILES string of the molecule is N#Cc1cccc(COc2cccc(NCC(=O)N3CCOCC3)c2)c1. The van der Waals surface area contributed by atoms with E-state index < -0.39 is 0 Å². The van der Waals surface area contributed by atoms with Gasteiger partial charge in [-0.3, -0.25) is 4.79 Å². The number of carbonyl (C=O) groups excluding carboxylic acids is 1. The van der Waals surface area contributed by atoms with Crippen LogP contribution in [-0.4, -0.2) is 43.7 Å². The maximum absolute atomic E-state index is 12.2. The average Bonchev–Trinajstić information content (AvgIpc) is 2.71. The van der Waals surface area contributed by atoms with Gasteiger partial charge < -0.3 is 19.7 Å². The minimum atomic E-state index is 0.0629. The summed E-state index contributed by atoms with van der Waals surface area (Å²) in [5.74, 6) is 0.768. The molecule has 0 atom stereocenters. The van der Waals surface area contributed by atoms with E-state index >= 15 is 0 Å². The fraction of sp³-hybridized carbons (Fsp3) is 0.300. The van der Waals surface area contributed by atoms with Gasteiger partial charge in [0.25, 0.3) is 0 Å². The average molecular weight is 351 g/mol. The Morgan fingerprint density at radius 2 is 2.00 bits per heavy atom. The first kappa shape index (κ1) is 17.8. The minimum absolute atomic E-state index is 0.0629. The molecule has 0 radical (unpaired) electrons. The van der Waals surface area contributed by atoms with Crippen LogP contribution in [0.25, 0.3) is 0 Å². The van der Waals surface area contributed by atoms with Crippen molar-refractivity contribution >= 4 is 11.6 Å². The van der Waals surface area contributed by atoms with Crippen molar-refractivity contribution in [2.75, 3.05) is 38.2 Å². The van der Waals surface area contributed by atoms with E-state index in [4.69, 9.17) is 14.7 Å². The quantitative estimate of drug-likeness (QED) is 0.865. The Kier molecular flexibility index (Phi) is 6.07. The molecule has 2 aromatic carbocycles. The van der Waals surface area contributed by atoms with Crippen molar-refractivity contribution in [3.05, 3.63) is 59.7 Å². The van der Waals surface area contributed by atoms with Gasteiger partial charge in [0.05, 0.1) is 31.4 Å². The lowest BCUT2D eigenvalue weighted by Crippen LogP contribution is -2.43. The molecular formula is C20H21N3O3. The summed E-state index contributed by atoms with van der Waals surface area (Å²) in [5, 5.41) is 12.1. The Labute approximate surface area is 152 Å². The lowest BCUT2D eigenvalue weighted by atomic mass is 10.1. The molecule has 6 nitrogen and oxygen atoms in total. The van der Waals surface area contributed by atoms with Crippen molar-refractivity contribution in [1.82, 2.24) is 4.90 Å². The molecule has 0 saturated carbocycles. The molecule has 0 spiro atoms. The molecule has 3 rings (SSSR count). The van der Waals surface area contributed by atoms with Gasteiger partial charge in [-0.05, 0) is 29.8 Å². The van der Waals surface area contributed by atoms with Crippen molar-refractivity contribution < 1.29 is 14.3 Å². The molecule has 1 amide bonds. The molecule has 1 N–H and O–H groups in total. The third-order valence-electron chi connectivity index (χ3n) is 4.10.